The summed E-state index contributed by atoms with van der Waals surface area (Å²) in [6.45, 7) is 4.09. The summed E-state index contributed by atoms with van der Waals surface area (Å²) in [5, 5.41) is 3.14. The lowest BCUT2D eigenvalue weighted by atomic mass is 9.90. The Bertz CT molecular complexity index is 566. The van der Waals surface area contributed by atoms with Crippen molar-refractivity contribution in [1.29, 1.82) is 0 Å². The van der Waals surface area contributed by atoms with Gasteiger partial charge in [-0.2, -0.15) is 13.2 Å². The molecule has 0 bridgehead atoms. The topological polar surface area (TPSA) is 32.3 Å². The molecule has 1 amide bonds. The van der Waals surface area contributed by atoms with Crippen LogP contribution in [0.5, 0.6) is 0 Å². The van der Waals surface area contributed by atoms with E-state index in [1.165, 1.54) is 12.1 Å². The number of alkyl halides is 3. The highest BCUT2D eigenvalue weighted by Gasteiger charge is 2.34. The van der Waals surface area contributed by atoms with E-state index in [9.17, 15) is 18.0 Å². The molecule has 0 spiro atoms. The Morgan fingerprint density at radius 3 is 2.52 bits per heavy atom. The molecule has 0 saturated carbocycles. The monoisotopic (exact) mass is 356 g/mol. The molecule has 1 aliphatic heterocycles. The van der Waals surface area contributed by atoms with E-state index in [0.717, 1.165) is 31.9 Å². The Hall–Kier alpha value is -1.56. The standard InChI is InChI=1S/C19H27F3N2O/c1-14(16-5-3-4-6-17(16)19(20,21)22)13-18(25)24-11-8-15(9-12-24)7-10-23-2/h3-6,14-15,23H,7-13H2,1-2H3. The van der Waals surface area contributed by atoms with E-state index >= 15 is 0 Å². The molecular formula is C19H27F3N2O. The van der Waals surface area contributed by atoms with E-state index in [1.54, 1.807) is 13.0 Å². The molecule has 0 radical (unpaired) electrons. The maximum Gasteiger partial charge on any atom is 0.416 e. The molecule has 25 heavy (non-hydrogen) atoms. The van der Waals surface area contributed by atoms with Gasteiger partial charge in [-0.25, -0.2) is 0 Å². The first kappa shape index (κ1) is 19.8. The Labute approximate surface area is 147 Å². The van der Waals surface area contributed by atoms with Crippen molar-refractivity contribution in [2.24, 2.45) is 5.92 Å². The molecule has 0 aromatic heterocycles. The van der Waals surface area contributed by atoms with Crippen molar-refractivity contribution in [1.82, 2.24) is 10.2 Å². The zero-order chi connectivity index (χ0) is 18.4. The van der Waals surface area contributed by atoms with Gasteiger partial charge in [-0.15, -0.1) is 0 Å². The minimum atomic E-state index is -4.39. The first-order valence-corrected chi connectivity index (χ1v) is 8.91. The summed E-state index contributed by atoms with van der Waals surface area (Å²) in [6.07, 6.45) is -1.22. The number of halogens is 3. The van der Waals surface area contributed by atoms with Crippen molar-refractivity contribution in [2.45, 2.75) is 44.7 Å². The van der Waals surface area contributed by atoms with Crippen molar-refractivity contribution in [3.63, 3.8) is 0 Å². The number of hydrogen-bond donors (Lipinski definition) is 1. The van der Waals surface area contributed by atoms with Gasteiger partial charge < -0.3 is 10.2 Å². The summed E-state index contributed by atoms with van der Waals surface area (Å²) in [5.41, 5.74) is -0.437. The molecule has 1 fully saturated rings. The van der Waals surface area contributed by atoms with Crippen molar-refractivity contribution in [3.05, 3.63) is 35.4 Å². The molecule has 2 rings (SSSR count). The highest BCUT2D eigenvalue weighted by molar-refractivity contribution is 5.77. The lowest BCUT2D eigenvalue weighted by Crippen LogP contribution is -2.39. The maximum atomic E-state index is 13.1. The number of amides is 1. The fraction of sp³-hybridized carbons (Fsp3) is 0.632. The largest absolute Gasteiger partial charge is 0.416 e. The van der Waals surface area contributed by atoms with Gasteiger partial charge in [0.2, 0.25) is 5.91 Å². The molecule has 140 valence electrons. The molecule has 1 unspecified atom stereocenters. The number of nitrogens with one attached hydrogen (secondary N) is 1. The van der Waals surface area contributed by atoms with Crippen LogP contribution in [0.2, 0.25) is 0 Å². The van der Waals surface area contributed by atoms with Crippen LogP contribution in [0.1, 0.15) is 49.7 Å². The van der Waals surface area contributed by atoms with Gasteiger partial charge in [0.25, 0.3) is 0 Å². The van der Waals surface area contributed by atoms with Crippen LogP contribution in [0.4, 0.5) is 13.2 Å². The molecule has 1 aromatic rings. The second-order valence-corrected chi connectivity index (χ2v) is 6.91. The van der Waals surface area contributed by atoms with Gasteiger partial charge in [0.15, 0.2) is 0 Å². The molecule has 1 N–H and O–H groups in total. The van der Waals surface area contributed by atoms with Gasteiger partial charge in [-0.1, -0.05) is 25.1 Å². The summed E-state index contributed by atoms with van der Waals surface area (Å²) >= 11 is 0. The Balaban J connectivity index is 1.93. The highest BCUT2D eigenvalue weighted by Crippen LogP contribution is 2.36. The van der Waals surface area contributed by atoms with E-state index in [-0.39, 0.29) is 17.9 Å². The van der Waals surface area contributed by atoms with E-state index < -0.39 is 17.7 Å². The zero-order valence-corrected chi connectivity index (χ0v) is 14.9. The fourth-order valence-electron chi connectivity index (χ4n) is 3.51. The minimum Gasteiger partial charge on any atom is -0.343 e. The van der Waals surface area contributed by atoms with Crippen LogP contribution in [-0.2, 0) is 11.0 Å². The van der Waals surface area contributed by atoms with Crippen molar-refractivity contribution in [2.75, 3.05) is 26.7 Å². The number of piperidine rings is 1. The van der Waals surface area contributed by atoms with E-state index in [1.807, 2.05) is 11.9 Å². The van der Waals surface area contributed by atoms with Crippen LogP contribution in [0.3, 0.4) is 0 Å². The Morgan fingerprint density at radius 1 is 1.28 bits per heavy atom. The SMILES string of the molecule is CNCCC1CCN(C(=O)CC(C)c2ccccc2C(F)(F)F)CC1. The molecule has 1 atom stereocenters. The van der Waals surface area contributed by atoms with Crippen LogP contribution < -0.4 is 5.32 Å². The first-order chi connectivity index (χ1) is 11.8. The van der Waals surface area contributed by atoms with Crippen molar-refractivity contribution < 1.29 is 18.0 Å². The number of benzene rings is 1. The molecule has 0 aliphatic carbocycles. The first-order valence-electron chi connectivity index (χ1n) is 8.91. The second kappa shape index (κ2) is 8.70. The van der Waals surface area contributed by atoms with Gasteiger partial charge in [0.05, 0.1) is 5.56 Å². The number of nitrogens with zero attached hydrogens (tertiary/aromatic N) is 1. The molecule has 6 heteroatoms. The average Bonchev–Trinajstić information content (AvgIpc) is 2.59. The summed E-state index contributed by atoms with van der Waals surface area (Å²) in [5.74, 6) is 0.128. The molecule has 1 heterocycles. The number of carbonyl (C=O) groups is 1. The molecule has 3 nitrogen and oxygen atoms in total. The van der Waals surface area contributed by atoms with Crippen LogP contribution in [0, 0.1) is 5.92 Å². The van der Waals surface area contributed by atoms with Gasteiger partial charge in [0, 0.05) is 19.5 Å². The molecular weight excluding hydrogens is 329 g/mol. The van der Waals surface area contributed by atoms with E-state index in [2.05, 4.69) is 5.32 Å². The Morgan fingerprint density at radius 2 is 1.92 bits per heavy atom. The van der Waals surface area contributed by atoms with Crippen LogP contribution in [0.15, 0.2) is 24.3 Å². The van der Waals surface area contributed by atoms with Crippen molar-refractivity contribution >= 4 is 5.91 Å². The summed E-state index contributed by atoms with van der Waals surface area (Å²) < 4.78 is 39.4. The number of hydrogen-bond acceptors (Lipinski definition) is 2. The third kappa shape index (κ3) is 5.46. The predicted octanol–water partition coefficient (Wildman–Crippen LogP) is 4.05. The minimum absolute atomic E-state index is 0.0449. The van der Waals surface area contributed by atoms with Crippen molar-refractivity contribution in [3.8, 4) is 0 Å². The third-order valence-corrected chi connectivity index (χ3v) is 5.05. The van der Waals surface area contributed by atoms with Gasteiger partial charge in [0.1, 0.15) is 0 Å². The second-order valence-electron chi connectivity index (χ2n) is 6.91. The van der Waals surface area contributed by atoms with Crippen LogP contribution in [-0.4, -0.2) is 37.5 Å². The van der Waals surface area contributed by atoms with Crippen LogP contribution in [0.25, 0.3) is 0 Å². The number of carbonyl (C=O) groups excluding carboxylic acids is 1. The van der Waals surface area contributed by atoms with E-state index in [4.69, 9.17) is 0 Å². The zero-order valence-electron chi connectivity index (χ0n) is 14.9. The molecule has 1 aliphatic rings. The number of likely N-dealkylation sites (tertiary alicyclic amines) is 1. The lowest BCUT2D eigenvalue weighted by Gasteiger charge is -2.33. The summed E-state index contributed by atoms with van der Waals surface area (Å²) in [4.78, 5) is 14.3. The fourth-order valence-corrected chi connectivity index (χ4v) is 3.51. The quantitative estimate of drug-likeness (QED) is 0.834. The summed E-state index contributed by atoms with van der Waals surface area (Å²) in [7, 11) is 1.93. The third-order valence-electron chi connectivity index (χ3n) is 5.05. The van der Waals surface area contributed by atoms with E-state index in [0.29, 0.717) is 19.0 Å². The number of rotatable bonds is 6. The maximum absolute atomic E-state index is 13.1. The summed E-state index contributed by atoms with van der Waals surface area (Å²) in [6, 6.07) is 5.55. The molecule has 1 aromatic carbocycles. The predicted molar refractivity (Wildman–Crippen MR) is 92.3 cm³/mol. The van der Waals surface area contributed by atoms with Crippen LogP contribution >= 0.6 is 0 Å². The lowest BCUT2D eigenvalue weighted by molar-refractivity contribution is -0.139. The van der Waals surface area contributed by atoms with Gasteiger partial charge >= 0.3 is 6.18 Å². The average molecular weight is 356 g/mol. The normalized spacial score (nSPS) is 17.6. The van der Waals surface area contributed by atoms with Gasteiger partial charge in [-0.3, -0.25) is 4.79 Å². The molecule has 1 saturated heterocycles. The highest BCUT2D eigenvalue weighted by atomic mass is 19.4. The van der Waals surface area contributed by atoms with Gasteiger partial charge in [-0.05, 0) is 56.3 Å². The smallest absolute Gasteiger partial charge is 0.343 e. The Kier molecular flexibility index (Phi) is 6.87.